The molecule has 3 heteroatoms. The van der Waals surface area contributed by atoms with E-state index in [1.165, 1.54) is 45.7 Å². The van der Waals surface area contributed by atoms with Crippen molar-refractivity contribution in [3.05, 3.63) is 0 Å². The van der Waals surface area contributed by atoms with Crippen molar-refractivity contribution in [2.45, 2.75) is 27.2 Å². The Morgan fingerprint density at radius 2 is 1.40 bits per heavy atom. The molecule has 0 aromatic heterocycles. The van der Waals surface area contributed by atoms with Crippen LogP contribution < -0.4 is 0 Å². The summed E-state index contributed by atoms with van der Waals surface area (Å²) < 4.78 is 0. The van der Waals surface area contributed by atoms with E-state index in [2.05, 4.69) is 46.5 Å². The van der Waals surface area contributed by atoms with Crippen molar-refractivity contribution < 1.29 is 0 Å². The number of alkyl halides is 1. The van der Waals surface area contributed by atoms with Gasteiger partial charge in [-0.2, -0.15) is 0 Å². The molecule has 0 aromatic rings. The van der Waals surface area contributed by atoms with Crippen LogP contribution in [0, 0.1) is 5.41 Å². The van der Waals surface area contributed by atoms with Gasteiger partial charge in [0, 0.05) is 38.1 Å². The highest BCUT2D eigenvalue weighted by atomic mass is 79.9. The molecular weight excluding hydrogens is 252 g/mol. The van der Waals surface area contributed by atoms with Crippen LogP contribution in [0.15, 0.2) is 0 Å². The van der Waals surface area contributed by atoms with Gasteiger partial charge in [-0.25, -0.2) is 0 Å². The first-order valence-electron chi connectivity index (χ1n) is 6.02. The second-order valence-electron chi connectivity index (χ2n) is 5.68. The number of nitrogens with zero attached hydrogens (tertiary/aromatic N) is 2. The lowest BCUT2D eigenvalue weighted by molar-refractivity contribution is 0.126. The second-order valence-corrected chi connectivity index (χ2v) is 6.48. The smallest absolute Gasteiger partial charge is 0.0159 e. The third-order valence-corrected chi connectivity index (χ3v) is 3.40. The molecule has 1 aliphatic heterocycles. The maximum absolute atomic E-state index is 3.50. The number of hydrogen-bond donors (Lipinski definition) is 0. The lowest BCUT2D eigenvalue weighted by atomic mass is 9.92. The molecule has 0 aliphatic carbocycles. The molecule has 1 heterocycles. The zero-order valence-corrected chi connectivity index (χ0v) is 12.0. The Hall–Kier alpha value is 0.400. The summed E-state index contributed by atoms with van der Waals surface area (Å²) in [7, 11) is 0. The predicted octanol–water partition coefficient (Wildman–Crippen LogP) is 2.44. The normalized spacial score (nSPS) is 20.8. The Kier molecular flexibility index (Phi) is 5.58. The van der Waals surface area contributed by atoms with Crippen molar-refractivity contribution in [3.63, 3.8) is 0 Å². The largest absolute Gasteiger partial charge is 0.301 e. The lowest BCUT2D eigenvalue weighted by Crippen LogP contribution is -2.47. The van der Waals surface area contributed by atoms with Crippen LogP contribution in [-0.2, 0) is 0 Å². The van der Waals surface area contributed by atoms with Crippen LogP contribution in [-0.4, -0.2) is 54.4 Å². The minimum Gasteiger partial charge on any atom is -0.301 e. The minimum atomic E-state index is 0.479. The Labute approximate surface area is 103 Å². The fourth-order valence-electron chi connectivity index (χ4n) is 1.85. The molecular formula is C12H25BrN2. The van der Waals surface area contributed by atoms with E-state index in [1.807, 2.05) is 0 Å². The van der Waals surface area contributed by atoms with E-state index in [0.717, 1.165) is 5.33 Å². The van der Waals surface area contributed by atoms with E-state index in [9.17, 15) is 0 Å². The Morgan fingerprint density at radius 3 is 1.80 bits per heavy atom. The van der Waals surface area contributed by atoms with Crippen LogP contribution in [0.4, 0.5) is 0 Å². The van der Waals surface area contributed by atoms with E-state index in [1.54, 1.807) is 0 Å². The minimum absolute atomic E-state index is 0.479. The van der Waals surface area contributed by atoms with E-state index in [4.69, 9.17) is 0 Å². The molecule has 1 aliphatic rings. The first kappa shape index (κ1) is 13.5. The molecule has 0 atom stereocenters. The van der Waals surface area contributed by atoms with Crippen LogP contribution in [0.25, 0.3) is 0 Å². The standard InChI is InChI=1S/C12H25BrN2/c1-12(2,3)4-6-14-8-10-15(7-5-13)11-9-14/h4-11H2,1-3H3. The average Bonchev–Trinajstić information content (AvgIpc) is 2.16. The fraction of sp³-hybridized carbons (Fsp3) is 1.00. The van der Waals surface area contributed by atoms with Gasteiger partial charge in [0.1, 0.15) is 0 Å². The summed E-state index contributed by atoms with van der Waals surface area (Å²) >= 11 is 3.50. The van der Waals surface area contributed by atoms with E-state index in [0.29, 0.717) is 5.41 Å². The maximum Gasteiger partial charge on any atom is 0.0159 e. The summed E-state index contributed by atoms with van der Waals surface area (Å²) in [6, 6.07) is 0. The molecule has 0 unspecified atom stereocenters. The Balaban J connectivity index is 2.15. The monoisotopic (exact) mass is 276 g/mol. The maximum atomic E-state index is 3.50. The highest BCUT2D eigenvalue weighted by Crippen LogP contribution is 2.19. The molecule has 1 saturated heterocycles. The quantitative estimate of drug-likeness (QED) is 0.728. The number of hydrogen-bond acceptors (Lipinski definition) is 2. The first-order chi connectivity index (χ1) is 7.01. The summed E-state index contributed by atoms with van der Waals surface area (Å²) in [5, 5.41) is 1.11. The fourth-order valence-corrected chi connectivity index (χ4v) is 2.35. The molecule has 0 radical (unpaired) electrons. The molecule has 0 spiro atoms. The van der Waals surface area contributed by atoms with Gasteiger partial charge in [-0.05, 0) is 18.4 Å². The van der Waals surface area contributed by atoms with Crippen LogP contribution >= 0.6 is 15.9 Å². The molecule has 1 rings (SSSR count). The molecule has 0 saturated carbocycles. The zero-order valence-electron chi connectivity index (χ0n) is 10.4. The molecule has 2 nitrogen and oxygen atoms in total. The van der Waals surface area contributed by atoms with Gasteiger partial charge in [-0.3, -0.25) is 4.90 Å². The summed E-state index contributed by atoms with van der Waals surface area (Å²) in [6.07, 6.45) is 1.31. The highest BCUT2D eigenvalue weighted by molar-refractivity contribution is 9.09. The van der Waals surface area contributed by atoms with Gasteiger partial charge in [0.2, 0.25) is 0 Å². The summed E-state index contributed by atoms with van der Waals surface area (Å²) in [5.74, 6) is 0. The van der Waals surface area contributed by atoms with Crippen molar-refractivity contribution in [1.29, 1.82) is 0 Å². The highest BCUT2D eigenvalue weighted by Gasteiger charge is 2.18. The first-order valence-corrected chi connectivity index (χ1v) is 7.14. The van der Waals surface area contributed by atoms with Crippen molar-refractivity contribution in [1.82, 2.24) is 9.80 Å². The van der Waals surface area contributed by atoms with Crippen molar-refractivity contribution in [2.75, 3.05) is 44.6 Å². The van der Waals surface area contributed by atoms with Gasteiger partial charge in [0.25, 0.3) is 0 Å². The van der Waals surface area contributed by atoms with Gasteiger partial charge >= 0.3 is 0 Å². The van der Waals surface area contributed by atoms with Crippen LogP contribution in [0.2, 0.25) is 0 Å². The predicted molar refractivity (Wildman–Crippen MR) is 70.7 cm³/mol. The summed E-state index contributed by atoms with van der Waals surface area (Å²) in [4.78, 5) is 5.15. The molecule has 0 N–H and O–H groups in total. The van der Waals surface area contributed by atoms with Crippen molar-refractivity contribution in [2.24, 2.45) is 5.41 Å². The summed E-state index contributed by atoms with van der Waals surface area (Å²) in [5.41, 5.74) is 0.479. The molecule has 0 aromatic carbocycles. The molecule has 0 amide bonds. The SMILES string of the molecule is CC(C)(C)CCN1CCN(CCBr)CC1. The Morgan fingerprint density at radius 1 is 0.933 bits per heavy atom. The third-order valence-electron chi connectivity index (χ3n) is 3.04. The van der Waals surface area contributed by atoms with E-state index < -0.39 is 0 Å². The number of piperazine rings is 1. The van der Waals surface area contributed by atoms with Gasteiger partial charge in [0.05, 0.1) is 0 Å². The van der Waals surface area contributed by atoms with Gasteiger partial charge < -0.3 is 4.90 Å². The van der Waals surface area contributed by atoms with Gasteiger partial charge in [-0.15, -0.1) is 0 Å². The third kappa shape index (κ3) is 5.88. The summed E-state index contributed by atoms with van der Waals surface area (Å²) in [6.45, 7) is 14.5. The molecule has 1 fully saturated rings. The molecule has 0 bridgehead atoms. The number of rotatable bonds is 4. The van der Waals surface area contributed by atoms with Gasteiger partial charge in [-0.1, -0.05) is 36.7 Å². The van der Waals surface area contributed by atoms with Crippen LogP contribution in [0.1, 0.15) is 27.2 Å². The topological polar surface area (TPSA) is 6.48 Å². The van der Waals surface area contributed by atoms with Crippen molar-refractivity contribution >= 4 is 15.9 Å². The Bertz CT molecular complexity index is 169. The van der Waals surface area contributed by atoms with E-state index >= 15 is 0 Å². The average molecular weight is 277 g/mol. The second kappa shape index (κ2) is 6.21. The number of halogens is 1. The van der Waals surface area contributed by atoms with E-state index in [-0.39, 0.29) is 0 Å². The molecule has 90 valence electrons. The van der Waals surface area contributed by atoms with Crippen molar-refractivity contribution in [3.8, 4) is 0 Å². The van der Waals surface area contributed by atoms with Crippen LogP contribution in [0.5, 0.6) is 0 Å². The zero-order chi connectivity index (χ0) is 11.3. The van der Waals surface area contributed by atoms with Gasteiger partial charge in [0.15, 0.2) is 0 Å². The van der Waals surface area contributed by atoms with Crippen LogP contribution in [0.3, 0.4) is 0 Å². The lowest BCUT2D eigenvalue weighted by Gasteiger charge is -2.35. The molecule has 15 heavy (non-hydrogen) atoms.